The molecule has 3 rings (SSSR count). The van der Waals surface area contributed by atoms with Crippen LogP contribution < -0.4 is 5.32 Å². The number of nitrogens with zero attached hydrogens (tertiary/aromatic N) is 3. The summed E-state index contributed by atoms with van der Waals surface area (Å²) in [4.78, 5) is 26.5. The number of terminal acetylenes is 1. The molecule has 6 heteroatoms. The molecule has 1 aromatic carbocycles. The van der Waals surface area contributed by atoms with Crippen LogP contribution in [0.3, 0.4) is 0 Å². The van der Waals surface area contributed by atoms with E-state index in [4.69, 9.17) is 6.42 Å². The van der Waals surface area contributed by atoms with E-state index in [0.29, 0.717) is 31.7 Å². The Bertz CT molecular complexity index is 724. The van der Waals surface area contributed by atoms with E-state index >= 15 is 0 Å². The van der Waals surface area contributed by atoms with Gasteiger partial charge in [-0.15, -0.1) is 12.3 Å². The lowest BCUT2D eigenvalue weighted by Crippen LogP contribution is -2.41. The van der Waals surface area contributed by atoms with E-state index in [1.54, 1.807) is 0 Å². The van der Waals surface area contributed by atoms with Gasteiger partial charge in [-0.05, 0) is 30.9 Å². The van der Waals surface area contributed by atoms with Crippen molar-refractivity contribution in [3.8, 4) is 12.3 Å². The molecular formula is C21H26N4O2. The van der Waals surface area contributed by atoms with Gasteiger partial charge in [-0.3, -0.25) is 9.59 Å². The van der Waals surface area contributed by atoms with Crippen LogP contribution in [0.2, 0.25) is 0 Å². The first kappa shape index (κ1) is 19.1. The zero-order valence-electron chi connectivity index (χ0n) is 15.6. The summed E-state index contributed by atoms with van der Waals surface area (Å²) in [7, 11) is 0. The number of piperidine rings is 1. The van der Waals surface area contributed by atoms with Gasteiger partial charge in [-0.25, -0.2) is 0 Å². The third kappa shape index (κ3) is 5.40. The first-order valence-corrected chi connectivity index (χ1v) is 9.60. The number of hydrogen-bond donors (Lipinski definition) is 1. The molecule has 2 heterocycles. The molecule has 0 aliphatic carbocycles. The maximum absolute atomic E-state index is 12.5. The fourth-order valence-corrected chi connectivity index (χ4v) is 3.43. The summed E-state index contributed by atoms with van der Waals surface area (Å²) < 4.78 is 0. The van der Waals surface area contributed by atoms with E-state index < -0.39 is 5.66 Å². The molecule has 0 atom stereocenters. The van der Waals surface area contributed by atoms with Gasteiger partial charge in [-0.1, -0.05) is 18.2 Å². The van der Waals surface area contributed by atoms with Gasteiger partial charge < -0.3 is 10.2 Å². The Balaban J connectivity index is 1.33. The average molecular weight is 366 g/mol. The number of likely N-dealkylation sites (tertiary alicyclic amines) is 1. The Morgan fingerprint density at radius 1 is 1.19 bits per heavy atom. The highest BCUT2D eigenvalue weighted by Crippen LogP contribution is 2.37. The minimum atomic E-state index is -0.396. The highest BCUT2D eigenvalue weighted by atomic mass is 16.2. The second-order valence-corrected chi connectivity index (χ2v) is 7.29. The number of carbonyl (C=O) groups excluding carboxylic acids is 2. The molecule has 0 aromatic heterocycles. The van der Waals surface area contributed by atoms with E-state index in [9.17, 15) is 9.59 Å². The molecule has 27 heavy (non-hydrogen) atoms. The molecule has 0 unspecified atom stereocenters. The molecule has 2 aliphatic rings. The van der Waals surface area contributed by atoms with Gasteiger partial charge in [0.1, 0.15) is 0 Å². The first-order valence-electron chi connectivity index (χ1n) is 9.60. The zero-order chi connectivity index (χ0) is 19.1. The summed E-state index contributed by atoms with van der Waals surface area (Å²) in [5.41, 5.74) is 0.339. The van der Waals surface area contributed by atoms with Crippen molar-refractivity contribution in [3.05, 3.63) is 35.9 Å². The smallest absolute Gasteiger partial charge is 0.253 e. The van der Waals surface area contributed by atoms with Gasteiger partial charge in [0.2, 0.25) is 5.91 Å². The maximum atomic E-state index is 12.5. The number of benzene rings is 1. The van der Waals surface area contributed by atoms with Crippen molar-refractivity contribution >= 4 is 11.8 Å². The quantitative estimate of drug-likeness (QED) is 0.718. The van der Waals surface area contributed by atoms with Crippen molar-refractivity contribution in [3.63, 3.8) is 0 Å². The Hall–Kier alpha value is -2.68. The highest BCUT2D eigenvalue weighted by molar-refractivity contribution is 5.94. The number of carbonyl (C=O) groups is 2. The Morgan fingerprint density at radius 3 is 2.52 bits per heavy atom. The predicted octanol–water partition coefficient (Wildman–Crippen LogP) is 3.01. The molecule has 0 spiro atoms. The largest absolute Gasteiger partial charge is 0.356 e. The van der Waals surface area contributed by atoms with Crippen molar-refractivity contribution in [1.82, 2.24) is 10.2 Å². The SMILES string of the molecule is C#CCCC1(CCC(=O)NCC2CCN(C(=O)c3ccccc3)CC2)N=N1. The van der Waals surface area contributed by atoms with E-state index in [2.05, 4.69) is 21.5 Å². The number of hydrogen-bond acceptors (Lipinski definition) is 4. The van der Waals surface area contributed by atoms with Crippen molar-refractivity contribution in [2.24, 2.45) is 16.1 Å². The lowest BCUT2D eigenvalue weighted by atomic mass is 9.96. The monoisotopic (exact) mass is 366 g/mol. The molecule has 0 bridgehead atoms. The normalized spacial score (nSPS) is 18.0. The van der Waals surface area contributed by atoms with Gasteiger partial charge in [0.25, 0.3) is 5.91 Å². The van der Waals surface area contributed by atoms with Crippen LogP contribution >= 0.6 is 0 Å². The van der Waals surface area contributed by atoms with Gasteiger partial charge >= 0.3 is 0 Å². The summed E-state index contributed by atoms with van der Waals surface area (Å²) in [5, 5.41) is 11.1. The lowest BCUT2D eigenvalue weighted by Gasteiger charge is -2.32. The van der Waals surface area contributed by atoms with Crippen LogP contribution in [0.5, 0.6) is 0 Å². The third-order valence-electron chi connectivity index (χ3n) is 5.32. The minimum absolute atomic E-state index is 0.0372. The second-order valence-electron chi connectivity index (χ2n) is 7.29. The maximum Gasteiger partial charge on any atom is 0.253 e. The summed E-state index contributed by atoms with van der Waals surface area (Å²) in [5.74, 6) is 3.14. The Labute approximate surface area is 160 Å². The van der Waals surface area contributed by atoms with Crippen LogP contribution in [0.15, 0.2) is 40.6 Å². The van der Waals surface area contributed by atoms with E-state index in [1.807, 2.05) is 35.2 Å². The van der Waals surface area contributed by atoms with Gasteiger partial charge in [-0.2, -0.15) is 10.2 Å². The molecule has 1 saturated heterocycles. The lowest BCUT2D eigenvalue weighted by molar-refractivity contribution is -0.121. The summed E-state index contributed by atoms with van der Waals surface area (Å²) in [6.45, 7) is 2.14. The van der Waals surface area contributed by atoms with Crippen LogP contribution in [-0.4, -0.2) is 42.0 Å². The topological polar surface area (TPSA) is 74.1 Å². The summed E-state index contributed by atoms with van der Waals surface area (Å²) >= 11 is 0. The minimum Gasteiger partial charge on any atom is -0.356 e. The van der Waals surface area contributed by atoms with Crippen LogP contribution in [0.25, 0.3) is 0 Å². The van der Waals surface area contributed by atoms with E-state index in [-0.39, 0.29) is 11.8 Å². The molecule has 2 aliphatic heterocycles. The third-order valence-corrected chi connectivity index (χ3v) is 5.32. The summed E-state index contributed by atoms with van der Waals surface area (Å²) in [6.07, 6.45) is 9.51. The standard InChI is InChI=1S/C21H26N4O2/c1-2-3-12-21(23-24-21)13-9-19(26)22-16-17-10-14-25(15-11-17)20(27)18-7-5-4-6-8-18/h1,4-8,17H,3,9-16H2,(H,22,26). The predicted molar refractivity (Wildman–Crippen MR) is 103 cm³/mol. The van der Waals surface area contributed by atoms with Crippen LogP contribution in [0, 0.1) is 18.3 Å². The fraction of sp³-hybridized carbons (Fsp3) is 0.524. The van der Waals surface area contributed by atoms with Crippen LogP contribution in [0.4, 0.5) is 0 Å². The van der Waals surface area contributed by atoms with Gasteiger partial charge in [0, 0.05) is 50.9 Å². The molecule has 0 radical (unpaired) electrons. The molecule has 1 aromatic rings. The molecule has 142 valence electrons. The number of amides is 2. The van der Waals surface area contributed by atoms with Crippen molar-refractivity contribution in [1.29, 1.82) is 0 Å². The summed E-state index contributed by atoms with van der Waals surface area (Å²) in [6, 6.07) is 9.38. The zero-order valence-corrected chi connectivity index (χ0v) is 15.6. The van der Waals surface area contributed by atoms with E-state index in [0.717, 1.165) is 37.9 Å². The van der Waals surface area contributed by atoms with Crippen LogP contribution in [-0.2, 0) is 4.79 Å². The second kappa shape index (κ2) is 8.81. The highest BCUT2D eigenvalue weighted by Gasteiger charge is 2.39. The van der Waals surface area contributed by atoms with Gasteiger partial charge in [0.05, 0.1) is 0 Å². The molecule has 0 saturated carbocycles. The van der Waals surface area contributed by atoms with Gasteiger partial charge in [0.15, 0.2) is 5.66 Å². The number of nitrogens with one attached hydrogen (secondary N) is 1. The van der Waals surface area contributed by atoms with E-state index in [1.165, 1.54) is 0 Å². The number of rotatable bonds is 8. The van der Waals surface area contributed by atoms with Crippen LogP contribution in [0.1, 0.15) is 48.9 Å². The Kier molecular flexibility index (Phi) is 6.23. The average Bonchev–Trinajstić information content (AvgIpc) is 3.50. The first-order chi connectivity index (χ1) is 13.1. The molecule has 1 N–H and O–H groups in total. The molecule has 6 nitrogen and oxygen atoms in total. The Morgan fingerprint density at radius 2 is 1.89 bits per heavy atom. The molecular weight excluding hydrogens is 340 g/mol. The van der Waals surface area contributed by atoms with Crippen molar-refractivity contribution in [2.75, 3.05) is 19.6 Å². The molecule has 1 fully saturated rings. The fourth-order valence-electron chi connectivity index (χ4n) is 3.43. The van der Waals surface area contributed by atoms with Crippen molar-refractivity contribution < 1.29 is 9.59 Å². The van der Waals surface area contributed by atoms with Crippen molar-refractivity contribution in [2.45, 2.75) is 44.2 Å². The molecule has 2 amide bonds.